The van der Waals surface area contributed by atoms with Crippen molar-refractivity contribution in [2.24, 2.45) is 0 Å². The summed E-state index contributed by atoms with van der Waals surface area (Å²) in [5.74, 6) is 2.76. The lowest BCUT2D eigenvalue weighted by Crippen LogP contribution is -2.15. The topological polar surface area (TPSA) is 73.3 Å². The van der Waals surface area contributed by atoms with Gasteiger partial charge in [0.15, 0.2) is 5.82 Å². The first-order chi connectivity index (χ1) is 16.6. The highest BCUT2D eigenvalue weighted by Gasteiger charge is 2.24. The van der Waals surface area contributed by atoms with Crippen LogP contribution in [-0.4, -0.2) is 28.7 Å². The van der Waals surface area contributed by atoms with E-state index in [-0.39, 0.29) is 11.7 Å². The van der Waals surface area contributed by atoms with Crippen LogP contribution in [0.3, 0.4) is 0 Å². The van der Waals surface area contributed by atoms with Gasteiger partial charge < -0.3 is 14.8 Å². The summed E-state index contributed by atoms with van der Waals surface area (Å²) in [5, 5.41) is 3.70. The number of rotatable bonds is 6. The van der Waals surface area contributed by atoms with E-state index < -0.39 is 0 Å². The number of methoxy groups -OCH3 is 1. The Kier molecular flexibility index (Phi) is 6.18. The van der Waals surface area contributed by atoms with Gasteiger partial charge in [-0.25, -0.2) is 4.98 Å². The molecule has 1 amide bonds. The molecule has 0 saturated carbocycles. The summed E-state index contributed by atoms with van der Waals surface area (Å²) < 4.78 is 11.4. The molecule has 0 radical (unpaired) electrons. The zero-order chi connectivity index (χ0) is 23.5. The van der Waals surface area contributed by atoms with Gasteiger partial charge >= 0.3 is 0 Å². The highest BCUT2D eigenvalue weighted by atomic mass is 32.2. The van der Waals surface area contributed by atoms with E-state index in [0.29, 0.717) is 18.1 Å². The van der Waals surface area contributed by atoms with Gasteiger partial charge in [-0.15, -0.1) is 0 Å². The van der Waals surface area contributed by atoms with Gasteiger partial charge in [0, 0.05) is 17.7 Å². The molecule has 170 valence electrons. The van der Waals surface area contributed by atoms with Crippen LogP contribution in [0.25, 0.3) is 11.4 Å². The Balaban J connectivity index is 1.44. The van der Waals surface area contributed by atoms with Crippen molar-refractivity contribution in [1.82, 2.24) is 9.97 Å². The number of para-hydroxylation sites is 1. The molecule has 2 heterocycles. The molecule has 1 aliphatic heterocycles. The molecule has 7 heteroatoms. The molecule has 1 aliphatic rings. The number of amides is 1. The van der Waals surface area contributed by atoms with Gasteiger partial charge in [0.05, 0.1) is 18.4 Å². The Bertz CT molecular complexity index is 1360. The minimum absolute atomic E-state index is 0.0916. The van der Waals surface area contributed by atoms with Crippen LogP contribution < -0.4 is 14.8 Å². The summed E-state index contributed by atoms with van der Waals surface area (Å²) in [6.07, 6.45) is 0.649. The van der Waals surface area contributed by atoms with Crippen molar-refractivity contribution in [3.05, 3.63) is 89.5 Å². The molecule has 0 fully saturated rings. The quantitative estimate of drug-likeness (QED) is 0.247. The molecule has 34 heavy (non-hydrogen) atoms. The molecule has 3 aromatic carbocycles. The lowest BCUT2D eigenvalue weighted by molar-refractivity contribution is -0.113. The van der Waals surface area contributed by atoms with Crippen molar-refractivity contribution in [3.63, 3.8) is 0 Å². The van der Waals surface area contributed by atoms with Gasteiger partial charge in [-0.05, 0) is 60.5 Å². The lowest BCUT2D eigenvalue weighted by atomic mass is 10.0. The number of carbonyl (C=O) groups is 1. The first kappa shape index (κ1) is 22.0. The van der Waals surface area contributed by atoms with Crippen molar-refractivity contribution in [2.45, 2.75) is 18.4 Å². The van der Waals surface area contributed by atoms with E-state index in [2.05, 4.69) is 5.32 Å². The normalized spacial score (nSPS) is 11.7. The van der Waals surface area contributed by atoms with Gasteiger partial charge in [0.1, 0.15) is 16.5 Å². The summed E-state index contributed by atoms with van der Waals surface area (Å²) >= 11 is 1.39. The predicted molar refractivity (Wildman–Crippen MR) is 134 cm³/mol. The van der Waals surface area contributed by atoms with Gasteiger partial charge in [-0.3, -0.25) is 4.79 Å². The molecule has 0 aliphatic carbocycles. The minimum Gasteiger partial charge on any atom is -0.497 e. The SMILES string of the molecule is COc1ccc(-c2nc3c(c(SCC(=O)Nc4cccc(C)c4)n2)Cc2ccccc2O3)cc1. The Labute approximate surface area is 202 Å². The first-order valence-electron chi connectivity index (χ1n) is 10.9. The Morgan fingerprint density at radius 2 is 1.88 bits per heavy atom. The molecule has 1 N–H and O–H groups in total. The second-order valence-electron chi connectivity index (χ2n) is 7.96. The minimum atomic E-state index is -0.0916. The number of thioether (sulfide) groups is 1. The number of aromatic nitrogens is 2. The van der Waals surface area contributed by atoms with E-state index in [0.717, 1.165) is 44.5 Å². The number of hydrogen-bond acceptors (Lipinski definition) is 6. The molecule has 0 saturated heterocycles. The Morgan fingerprint density at radius 3 is 2.68 bits per heavy atom. The van der Waals surface area contributed by atoms with E-state index in [1.807, 2.05) is 79.7 Å². The number of benzene rings is 3. The molecular formula is C27H23N3O3S. The third kappa shape index (κ3) is 4.75. The van der Waals surface area contributed by atoms with E-state index in [1.54, 1.807) is 7.11 Å². The molecule has 0 unspecified atom stereocenters. The maximum atomic E-state index is 12.7. The fraction of sp³-hybridized carbons (Fsp3) is 0.148. The predicted octanol–water partition coefficient (Wildman–Crippen LogP) is 5.89. The third-order valence-corrected chi connectivity index (χ3v) is 6.49. The third-order valence-electron chi connectivity index (χ3n) is 5.47. The number of anilines is 1. The summed E-state index contributed by atoms with van der Waals surface area (Å²) in [5.41, 5.74) is 4.69. The lowest BCUT2D eigenvalue weighted by Gasteiger charge is -2.21. The maximum absolute atomic E-state index is 12.7. The van der Waals surface area contributed by atoms with Gasteiger partial charge in [-0.2, -0.15) is 4.98 Å². The van der Waals surface area contributed by atoms with Crippen molar-refractivity contribution in [3.8, 4) is 28.8 Å². The van der Waals surface area contributed by atoms with Crippen LogP contribution in [0.1, 0.15) is 16.7 Å². The van der Waals surface area contributed by atoms with Crippen LogP contribution >= 0.6 is 11.8 Å². The van der Waals surface area contributed by atoms with E-state index >= 15 is 0 Å². The van der Waals surface area contributed by atoms with E-state index in [9.17, 15) is 4.79 Å². The average Bonchev–Trinajstić information content (AvgIpc) is 2.86. The largest absolute Gasteiger partial charge is 0.497 e. The van der Waals surface area contributed by atoms with Crippen LogP contribution in [0.2, 0.25) is 0 Å². The summed E-state index contributed by atoms with van der Waals surface area (Å²) in [7, 11) is 1.63. The molecule has 0 spiro atoms. The average molecular weight is 470 g/mol. The van der Waals surface area contributed by atoms with Crippen LogP contribution in [0.4, 0.5) is 5.69 Å². The fourth-order valence-corrected chi connectivity index (χ4v) is 4.59. The Morgan fingerprint density at radius 1 is 1.06 bits per heavy atom. The van der Waals surface area contributed by atoms with Crippen molar-refractivity contribution >= 4 is 23.4 Å². The summed E-state index contributed by atoms with van der Waals surface area (Å²) in [4.78, 5) is 22.2. The van der Waals surface area contributed by atoms with Gasteiger partial charge in [0.25, 0.3) is 0 Å². The number of hydrogen-bond donors (Lipinski definition) is 1. The first-order valence-corrected chi connectivity index (χ1v) is 11.9. The zero-order valence-corrected chi connectivity index (χ0v) is 19.7. The highest BCUT2D eigenvalue weighted by Crippen LogP contribution is 2.40. The van der Waals surface area contributed by atoms with E-state index in [4.69, 9.17) is 19.4 Å². The molecule has 5 rings (SSSR count). The molecule has 6 nitrogen and oxygen atoms in total. The number of carbonyl (C=O) groups excluding carboxylic acids is 1. The van der Waals surface area contributed by atoms with Crippen molar-refractivity contribution in [1.29, 1.82) is 0 Å². The molecule has 4 aromatic rings. The number of aryl methyl sites for hydroxylation is 1. The van der Waals surface area contributed by atoms with Crippen molar-refractivity contribution < 1.29 is 14.3 Å². The van der Waals surface area contributed by atoms with Crippen LogP contribution in [0.15, 0.2) is 77.8 Å². The highest BCUT2D eigenvalue weighted by molar-refractivity contribution is 8.00. The smallest absolute Gasteiger partial charge is 0.234 e. The van der Waals surface area contributed by atoms with Crippen LogP contribution in [0, 0.1) is 6.92 Å². The summed E-state index contributed by atoms with van der Waals surface area (Å²) in [6.45, 7) is 2.00. The fourth-order valence-electron chi connectivity index (χ4n) is 3.77. The van der Waals surface area contributed by atoms with Gasteiger partial charge in [-0.1, -0.05) is 42.1 Å². The van der Waals surface area contributed by atoms with Crippen molar-refractivity contribution in [2.75, 3.05) is 18.2 Å². The van der Waals surface area contributed by atoms with Crippen LogP contribution in [-0.2, 0) is 11.2 Å². The van der Waals surface area contributed by atoms with E-state index in [1.165, 1.54) is 11.8 Å². The monoisotopic (exact) mass is 469 g/mol. The maximum Gasteiger partial charge on any atom is 0.234 e. The van der Waals surface area contributed by atoms with Crippen LogP contribution in [0.5, 0.6) is 17.4 Å². The number of ether oxygens (including phenoxy) is 2. The molecular weight excluding hydrogens is 446 g/mol. The Hall–Kier alpha value is -3.84. The standard InChI is InChI=1S/C27H23N3O3S/c1-17-6-5-8-20(14-17)28-24(31)16-34-27-22-15-19-7-3-4-9-23(19)33-26(22)29-25(30-27)18-10-12-21(32-2)13-11-18/h3-14H,15-16H2,1-2H3,(H,28,31). The zero-order valence-electron chi connectivity index (χ0n) is 18.9. The molecule has 0 bridgehead atoms. The van der Waals surface area contributed by atoms with Gasteiger partial charge in [0.2, 0.25) is 11.8 Å². The second kappa shape index (κ2) is 9.57. The molecule has 1 aromatic heterocycles. The molecule has 0 atom stereocenters. The second-order valence-corrected chi connectivity index (χ2v) is 8.92. The number of fused-ring (bicyclic) bond motifs is 2. The number of nitrogens with one attached hydrogen (secondary N) is 1. The number of nitrogens with zero attached hydrogens (tertiary/aromatic N) is 2. The summed E-state index contributed by atoms with van der Waals surface area (Å²) in [6, 6.07) is 23.2.